The van der Waals surface area contributed by atoms with E-state index in [9.17, 15) is 14.3 Å². The van der Waals surface area contributed by atoms with Crippen LogP contribution in [-0.2, 0) is 4.79 Å². The lowest BCUT2D eigenvalue weighted by atomic mass is 9.77. The van der Waals surface area contributed by atoms with Crippen molar-refractivity contribution in [2.75, 3.05) is 18.0 Å². The molecule has 0 amide bonds. The van der Waals surface area contributed by atoms with E-state index >= 15 is 0 Å². The normalized spacial score (nSPS) is 20.8. The van der Waals surface area contributed by atoms with E-state index in [1.165, 1.54) is 18.3 Å². The van der Waals surface area contributed by atoms with Crippen LogP contribution in [0.15, 0.2) is 54.7 Å². The quantitative estimate of drug-likeness (QED) is 0.894. The number of allylic oxidation sites excluding steroid dienone is 1. The SMILES string of the molecule is O=C(O)C1(CC=Cc2ccccc2)CCCN(c2ncccc2F)C1. The molecular weight excluding hydrogens is 319 g/mol. The fraction of sp³-hybridized carbons (Fsp3) is 0.300. The van der Waals surface area contributed by atoms with E-state index < -0.39 is 17.2 Å². The second-order valence-electron chi connectivity index (χ2n) is 6.44. The molecule has 1 aromatic heterocycles. The second kappa shape index (κ2) is 7.47. The Balaban J connectivity index is 1.79. The number of carboxylic acids is 1. The standard InChI is InChI=1S/C20H21FN2O2/c21-17-10-5-13-22-18(17)23-14-6-12-20(15-23,19(24)25)11-4-9-16-7-2-1-3-8-16/h1-5,7-10,13H,6,11-12,14-15H2,(H,24,25). The number of hydrogen-bond acceptors (Lipinski definition) is 3. The number of halogens is 1. The highest BCUT2D eigenvalue weighted by atomic mass is 19.1. The smallest absolute Gasteiger partial charge is 0.311 e. The first-order valence-electron chi connectivity index (χ1n) is 8.41. The molecule has 1 atom stereocenters. The van der Waals surface area contributed by atoms with Crippen LogP contribution in [0.5, 0.6) is 0 Å². The van der Waals surface area contributed by atoms with Gasteiger partial charge in [-0.3, -0.25) is 4.79 Å². The van der Waals surface area contributed by atoms with Crippen molar-refractivity contribution in [2.24, 2.45) is 5.41 Å². The maximum absolute atomic E-state index is 14.0. The van der Waals surface area contributed by atoms with Crippen LogP contribution in [0.2, 0.25) is 0 Å². The van der Waals surface area contributed by atoms with Gasteiger partial charge in [-0.15, -0.1) is 0 Å². The average Bonchev–Trinajstić information content (AvgIpc) is 2.63. The van der Waals surface area contributed by atoms with Gasteiger partial charge in [0.1, 0.15) is 0 Å². The van der Waals surface area contributed by atoms with Gasteiger partial charge >= 0.3 is 5.97 Å². The summed E-state index contributed by atoms with van der Waals surface area (Å²) in [5.74, 6) is -1.02. The minimum Gasteiger partial charge on any atom is -0.481 e. The summed E-state index contributed by atoms with van der Waals surface area (Å²) in [5.41, 5.74) is 0.111. The summed E-state index contributed by atoms with van der Waals surface area (Å²) in [6.45, 7) is 0.876. The monoisotopic (exact) mass is 340 g/mol. The molecule has 0 aliphatic carbocycles. The van der Waals surface area contributed by atoms with Crippen LogP contribution < -0.4 is 4.90 Å². The average molecular weight is 340 g/mol. The zero-order valence-corrected chi connectivity index (χ0v) is 13.9. The summed E-state index contributed by atoms with van der Waals surface area (Å²) in [6.07, 6.45) is 7.05. The van der Waals surface area contributed by atoms with Crippen molar-refractivity contribution in [3.63, 3.8) is 0 Å². The Bertz CT molecular complexity index is 763. The number of benzene rings is 1. The van der Waals surface area contributed by atoms with Gasteiger partial charge in [-0.05, 0) is 37.0 Å². The van der Waals surface area contributed by atoms with Crippen molar-refractivity contribution < 1.29 is 14.3 Å². The molecule has 0 radical (unpaired) electrons. The number of hydrogen-bond donors (Lipinski definition) is 1. The van der Waals surface area contributed by atoms with Gasteiger partial charge in [-0.25, -0.2) is 9.37 Å². The largest absolute Gasteiger partial charge is 0.481 e. The van der Waals surface area contributed by atoms with Crippen LogP contribution in [0.4, 0.5) is 10.2 Å². The van der Waals surface area contributed by atoms with Gasteiger partial charge in [-0.1, -0.05) is 42.5 Å². The van der Waals surface area contributed by atoms with Crippen LogP contribution in [0.1, 0.15) is 24.8 Å². The van der Waals surface area contributed by atoms with E-state index in [4.69, 9.17) is 0 Å². The van der Waals surface area contributed by atoms with Gasteiger partial charge in [0.15, 0.2) is 11.6 Å². The Hall–Kier alpha value is -2.69. The van der Waals surface area contributed by atoms with Gasteiger partial charge in [0.2, 0.25) is 0 Å². The molecule has 0 spiro atoms. The Kier molecular flexibility index (Phi) is 5.12. The number of carbonyl (C=O) groups is 1. The van der Waals surface area contributed by atoms with Gasteiger partial charge in [0.25, 0.3) is 0 Å². The van der Waals surface area contributed by atoms with Crippen LogP contribution in [-0.4, -0.2) is 29.1 Å². The number of anilines is 1. The summed E-state index contributed by atoms with van der Waals surface area (Å²) < 4.78 is 14.0. The van der Waals surface area contributed by atoms with Gasteiger partial charge < -0.3 is 10.0 Å². The van der Waals surface area contributed by atoms with Crippen molar-refractivity contribution >= 4 is 17.9 Å². The molecule has 5 heteroatoms. The molecule has 3 rings (SSSR count). The van der Waals surface area contributed by atoms with Crippen LogP contribution in [0.3, 0.4) is 0 Å². The first kappa shape index (κ1) is 17.1. The molecule has 1 unspecified atom stereocenters. The number of carboxylic acid groups (broad SMARTS) is 1. The number of piperidine rings is 1. The third-order valence-electron chi connectivity index (χ3n) is 4.69. The number of nitrogens with zero attached hydrogens (tertiary/aromatic N) is 2. The predicted octanol–water partition coefficient (Wildman–Crippen LogP) is 4.00. The van der Waals surface area contributed by atoms with E-state index in [0.29, 0.717) is 25.8 Å². The van der Waals surface area contributed by atoms with E-state index in [1.54, 1.807) is 4.90 Å². The maximum Gasteiger partial charge on any atom is 0.311 e. The molecule has 1 aromatic carbocycles. The molecule has 130 valence electrons. The Morgan fingerprint density at radius 2 is 2.08 bits per heavy atom. The maximum atomic E-state index is 14.0. The molecule has 1 saturated heterocycles. The van der Waals surface area contributed by atoms with E-state index in [0.717, 1.165) is 5.56 Å². The highest BCUT2D eigenvalue weighted by molar-refractivity contribution is 5.76. The van der Waals surface area contributed by atoms with Crippen LogP contribution >= 0.6 is 0 Å². The fourth-order valence-electron chi connectivity index (χ4n) is 3.34. The summed E-state index contributed by atoms with van der Waals surface area (Å²) in [7, 11) is 0. The summed E-state index contributed by atoms with van der Waals surface area (Å²) >= 11 is 0. The molecular formula is C20H21FN2O2. The number of aliphatic carboxylic acids is 1. The van der Waals surface area contributed by atoms with E-state index in [2.05, 4.69) is 4.98 Å². The third-order valence-corrected chi connectivity index (χ3v) is 4.69. The number of rotatable bonds is 5. The third kappa shape index (κ3) is 3.87. The van der Waals surface area contributed by atoms with Gasteiger partial charge in [0.05, 0.1) is 5.41 Å². The predicted molar refractivity (Wildman–Crippen MR) is 95.8 cm³/mol. The highest BCUT2D eigenvalue weighted by Crippen LogP contribution is 2.36. The van der Waals surface area contributed by atoms with Crippen molar-refractivity contribution in [2.45, 2.75) is 19.3 Å². The fourth-order valence-corrected chi connectivity index (χ4v) is 3.34. The molecule has 2 heterocycles. The lowest BCUT2D eigenvalue weighted by molar-refractivity contribution is -0.149. The molecule has 25 heavy (non-hydrogen) atoms. The summed E-state index contributed by atoms with van der Waals surface area (Å²) in [5, 5.41) is 9.85. The van der Waals surface area contributed by atoms with Gasteiger partial charge in [0, 0.05) is 19.3 Å². The molecule has 1 aliphatic heterocycles. The van der Waals surface area contributed by atoms with E-state index in [-0.39, 0.29) is 12.4 Å². The highest BCUT2D eigenvalue weighted by Gasteiger charge is 2.42. The first-order chi connectivity index (χ1) is 12.1. The molecule has 4 nitrogen and oxygen atoms in total. The molecule has 2 aromatic rings. The van der Waals surface area contributed by atoms with Crippen LogP contribution in [0.25, 0.3) is 6.08 Å². The molecule has 1 aliphatic rings. The molecule has 0 bridgehead atoms. The Morgan fingerprint density at radius 3 is 2.80 bits per heavy atom. The minimum absolute atomic E-state index is 0.236. The van der Waals surface area contributed by atoms with Crippen molar-refractivity contribution in [1.29, 1.82) is 0 Å². The Labute approximate surface area is 146 Å². The number of aromatic nitrogens is 1. The Morgan fingerprint density at radius 1 is 1.28 bits per heavy atom. The van der Waals surface area contributed by atoms with Crippen molar-refractivity contribution in [3.8, 4) is 0 Å². The first-order valence-corrected chi connectivity index (χ1v) is 8.41. The number of pyridine rings is 1. The van der Waals surface area contributed by atoms with Crippen molar-refractivity contribution in [1.82, 2.24) is 4.98 Å². The summed E-state index contributed by atoms with van der Waals surface area (Å²) in [6, 6.07) is 12.7. The molecule has 0 saturated carbocycles. The lowest BCUT2D eigenvalue weighted by Gasteiger charge is -2.40. The lowest BCUT2D eigenvalue weighted by Crippen LogP contribution is -2.48. The van der Waals surface area contributed by atoms with E-state index in [1.807, 2.05) is 42.5 Å². The zero-order valence-electron chi connectivity index (χ0n) is 13.9. The minimum atomic E-state index is -0.923. The molecule has 1 fully saturated rings. The zero-order chi connectivity index (χ0) is 17.7. The van der Waals surface area contributed by atoms with Crippen LogP contribution in [0, 0.1) is 11.2 Å². The second-order valence-corrected chi connectivity index (χ2v) is 6.44. The van der Waals surface area contributed by atoms with Gasteiger partial charge in [-0.2, -0.15) is 0 Å². The summed E-state index contributed by atoms with van der Waals surface area (Å²) in [4.78, 5) is 17.9. The molecule has 1 N–H and O–H groups in total. The topological polar surface area (TPSA) is 53.4 Å². The van der Waals surface area contributed by atoms with Crippen molar-refractivity contribution in [3.05, 3.63) is 66.1 Å².